The lowest BCUT2D eigenvalue weighted by Crippen LogP contribution is -2.00. The summed E-state index contributed by atoms with van der Waals surface area (Å²) in [6.45, 7) is 4.80. The summed E-state index contributed by atoms with van der Waals surface area (Å²) in [5.74, 6) is 1.65. The summed E-state index contributed by atoms with van der Waals surface area (Å²) in [6, 6.07) is 20.7. The van der Waals surface area contributed by atoms with Gasteiger partial charge in [0.05, 0.1) is 17.3 Å². The number of hydrogen-bond acceptors (Lipinski definition) is 2. The number of ether oxygens (including phenoxy) is 2. The quantitative estimate of drug-likeness (QED) is 0.451. The molecule has 0 saturated carbocycles. The van der Waals surface area contributed by atoms with Gasteiger partial charge in [0.2, 0.25) is 0 Å². The summed E-state index contributed by atoms with van der Waals surface area (Å²) < 4.78 is 12.2. The minimum Gasteiger partial charge on any atom is -0.497 e. The Labute approximate surface area is 156 Å². The number of halogens is 1. The van der Waals surface area contributed by atoms with Crippen LogP contribution in [0.1, 0.15) is 12.0 Å². The van der Waals surface area contributed by atoms with Gasteiger partial charge in [-0.3, -0.25) is 0 Å². The second kappa shape index (κ2) is 7.71. The molecule has 0 atom stereocenters. The first-order valence-corrected chi connectivity index (χ1v) is 8.88. The Balaban J connectivity index is 1.64. The smallest absolute Gasteiger partial charge is 0.136 e. The molecule has 0 aliphatic rings. The van der Waals surface area contributed by atoms with Gasteiger partial charge in [0.1, 0.15) is 11.5 Å². The Hall–Kier alpha value is -2.01. The first kappa shape index (κ1) is 16.8. The van der Waals surface area contributed by atoms with E-state index in [2.05, 4.69) is 71.6 Å². The van der Waals surface area contributed by atoms with Crippen molar-refractivity contribution in [3.8, 4) is 11.5 Å². The normalized spacial score (nSPS) is 10.6. The van der Waals surface area contributed by atoms with E-state index in [-0.39, 0.29) is 0 Å². The molecule has 0 aromatic heterocycles. The molecule has 24 heavy (non-hydrogen) atoms. The van der Waals surface area contributed by atoms with Crippen molar-refractivity contribution in [2.75, 3.05) is 13.7 Å². The van der Waals surface area contributed by atoms with Gasteiger partial charge >= 0.3 is 0 Å². The highest BCUT2D eigenvalue weighted by Crippen LogP contribution is 2.27. The Morgan fingerprint density at radius 1 is 1.00 bits per heavy atom. The molecule has 0 radical (unpaired) electrons. The summed E-state index contributed by atoms with van der Waals surface area (Å²) in [4.78, 5) is 0. The van der Waals surface area contributed by atoms with Crippen molar-refractivity contribution < 1.29 is 9.47 Å². The fraction of sp³-hybridized carbons (Fsp3) is 0.143. The molecule has 0 bridgehead atoms. The third kappa shape index (κ3) is 3.90. The SMILES string of the molecule is C=C(CCOc1cc(OC)ccc1I)c1ccc2ccccc2c1. The van der Waals surface area contributed by atoms with Gasteiger partial charge in [-0.15, -0.1) is 0 Å². The summed E-state index contributed by atoms with van der Waals surface area (Å²) in [6.07, 6.45) is 0.783. The van der Waals surface area contributed by atoms with Gasteiger partial charge < -0.3 is 9.47 Å². The number of fused-ring (bicyclic) bond motifs is 1. The molecule has 0 aliphatic carbocycles. The van der Waals surface area contributed by atoms with E-state index in [1.165, 1.54) is 10.8 Å². The number of hydrogen-bond donors (Lipinski definition) is 0. The van der Waals surface area contributed by atoms with Crippen LogP contribution in [0.5, 0.6) is 11.5 Å². The van der Waals surface area contributed by atoms with Gasteiger partial charge in [-0.2, -0.15) is 0 Å². The van der Waals surface area contributed by atoms with Crippen molar-refractivity contribution in [2.45, 2.75) is 6.42 Å². The van der Waals surface area contributed by atoms with E-state index < -0.39 is 0 Å². The largest absolute Gasteiger partial charge is 0.497 e. The van der Waals surface area contributed by atoms with Crippen LogP contribution in [-0.4, -0.2) is 13.7 Å². The zero-order valence-electron chi connectivity index (χ0n) is 13.6. The van der Waals surface area contributed by atoms with E-state index in [4.69, 9.17) is 9.47 Å². The molecule has 0 amide bonds. The van der Waals surface area contributed by atoms with Gasteiger partial charge in [-0.1, -0.05) is 43.0 Å². The van der Waals surface area contributed by atoms with Gasteiger partial charge in [0, 0.05) is 12.5 Å². The van der Waals surface area contributed by atoms with E-state index in [1.54, 1.807) is 7.11 Å². The summed E-state index contributed by atoms with van der Waals surface area (Å²) in [5, 5.41) is 2.48. The highest BCUT2D eigenvalue weighted by molar-refractivity contribution is 14.1. The summed E-state index contributed by atoms with van der Waals surface area (Å²) in [5.41, 5.74) is 2.25. The first-order valence-electron chi connectivity index (χ1n) is 7.80. The molecule has 0 saturated heterocycles. The van der Waals surface area contributed by atoms with E-state index in [0.717, 1.165) is 32.6 Å². The first-order chi connectivity index (χ1) is 11.7. The van der Waals surface area contributed by atoms with Crippen LogP contribution in [0.2, 0.25) is 0 Å². The lowest BCUT2D eigenvalue weighted by molar-refractivity contribution is 0.321. The molecule has 0 spiro atoms. The van der Waals surface area contributed by atoms with E-state index >= 15 is 0 Å². The molecule has 0 unspecified atom stereocenters. The minimum absolute atomic E-state index is 0.592. The Morgan fingerprint density at radius 3 is 2.58 bits per heavy atom. The summed E-state index contributed by atoms with van der Waals surface area (Å²) in [7, 11) is 1.66. The molecule has 3 aromatic rings. The van der Waals surface area contributed by atoms with Gasteiger partial charge in [0.25, 0.3) is 0 Å². The van der Waals surface area contributed by atoms with Crippen LogP contribution in [0.4, 0.5) is 0 Å². The molecule has 122 valence electrons. The van der Waals surface area contributed by atoms with E-state index in [1.807, 2.05) is 18.2 Å². The maximum absolute atomic E-state index is 5.91. The standard InChI is InChI=1S/C21H19IO2/c1-15(17-8-7-16-5-3-4-6-18(16)13-17)11-12-24-21-14-19(23-2)9-10-20(21)22/h3-10,13-14H,1,11-12H2,2H3. The Kier molecular flexibility index (Phi) is 5.41. The molecule has 0 aliphatic heterocycles. The van der Waals surface area contributed by atoms with Crippen LogP contribution in [0.25, 0.3) is 16.3 Å². The van der Waals surface area contributed by atoms with Crippen LogP contribution in [0.3, 0.4) is 0 Å². The monoisotopic (exact) mass is 430 g/mol. The molecule has 2 nitrogen and oxygen atoms in total. The third-order valence-electron chi connectivity index (χ3n) is 3.96. The number of methoxy groups -OCH3 is 1. The number of rotatable bonds is 6. The lowest BCUT2D eigenvalue weighted by atomic mass is 10.0. The highest BCUT2D eigenvalue weighted by atomic mass is 127. The summed E-state index contributed by atoms with van der Waals surface area (Å²) >= 11 is 2.27. The average molecular weight is 430 g/mol. The molecular weight excluding hydrogens is 411 g/mol. The molecule has 0 fully saturated rings. The molecular formula is C21H19IO2. The van der Waals surface area contributed by atoms with Gasteiger partial charge in [-0.25, -0.2) is 0 Å². The van der Waals surface area contributed by atoms with Crippen LogP contribution < -0.4 is 9.47 Å². The van der Waals surface area contributed by atoms with Crippen LogP contribution in [0.15, 0.2) is 67.2 Å². The molecule has 3 heteroatoms. The zero-order chi connectivity index (χ0) is 16.9. The fourth-order valence-corrected chi connectivity index (χ4v) is 3.05. The molecule has 3 rings (SSSR count). The van der Waals surface area contributed by atoms with Gasteiger partial charge in [-0.05, 0) is 62.7 Å². The second-order valence-electron chi connectivity index (χ2n) is 5.56. The highest BCUT2D eigenvalue weighted by Gasteiger charge is 2.05. The van der Waals surface area contributed by atoms with Crippen LogP contribution >= 0.6 is 22.6 Å². The van der Waals surface area contributed by atoms with Crippen molar-refractivity contribution in [2.24, 2.45) is 0 Å². The maximum atomic E-state index is 5.91. The van der Waals surface area contributed by atoms with Crippen molar-refractivity contribution >= 4 is 38.9 Å². The third-order valence-corrected chi connectivity index (χ3v) is 4.85. The Morgan fingerprint density at radius 2 is 1.79 bits per heavy atom. The topological polar surface area (TPSA) is 18.5 Å². The van der Waals surface area contributed by atoms with Crippen molar-refractivity contribution in [3.63, 3.8) is 0 Å². The van der Waals surface area contributed by atoms with Crippen LogP contribution in [0, 0.1) is 3.57 Å². The van der Waals surface area contributed by atoms with E-state index in [9.17, 15) is 0 Å². The fourth-order valence-electron chi connectivity index (χ4n) is 2.56. The van der Waals surface area contributed by atoms with E-state index in [0.29, 0.717) is 6.61 Å². The average Bonchev–Trinajstić information content (AvgIpc) is 2.62. The Bertz CT molecular complexity index is 871. The predicted molar refractivity (Wildman–Crippen MR) is 109 cm³/mol. The van der Waals surface area contributed by atoms with Crippen molar-refractivity contribution in [1.29, 1.82) is 0 Å². The van der Waals surface area contributed by atoms with Crippen LogP contribution in [-0.2, 0) is 0 Å². The minimum atomic E-state index is 0.592. The van der Waals surface area contributed by atoms with Crippen molar-refractivity contribution in [1.82, 2.24) is 0 Å². The lowest BCUT2D eigenvalue weighted by Gasteiger charge is -2.11. The van der Waals surface area contributed by atoms with Gasteiger partial charge in [0.15, 0.2) is 0 Å². The second-order valence-corrected chi connectivity index (χ2v) is 6.72. The number of benzene rings is 3. The van der Waals surface area contributed by atoms with Crippen molar-refractivity contribution in [3.05, 3.63) is 76.4 Å². The molecule has 3 aromatic carbocycles. The maximum Gasteiger partial charge on any atom is 0.136 e. The predicted octanol–water partition coefficient (Wildman–Crippen LogP) is 5.94. The molecule has 0 N–H and O–H groups in total. The zero-order valence-corrected chi connectivity index (χ0v) is 15.7. The molecule has 0 heterocycles.